The summed E-state index contributed by atoms with van der Waals surface area (Å²) in [5, 5.41) is 20.7. The molecule has 2 fully saturated rings. The highest BCUT2D eigenvalue weighted by atomic mass is 19.1. The Hall–Kier alpha value is -3.57. The summed E-state index contributed by atoms with van der Waals surface area (Å²) in [6.07, 6.45) is 5.28. The molecule has 5 heterocycles. The number of anilines is 1. The topological polar surface area (TPSA) is 119 Å². The fourth-order valence-corrected chi connectivity index (χ4v) is 4.87. The first kappa shape index (κ1) is 21.9. The van der Waals surface area contributed by atoms with Gasteiger partial charge in [0.05, 0.1) is 36.7 Å². The Bertz CT molecular complexity index is 1370. The number of aliphatic hydroxyl groups excluding tert-OH is 1. The van der Waals surface area contributed by atoms with Crippen LogP contribution >= 0.6 is 0 Å². The van der Waals surface area contributed by atoms with E-state index in [1.165, 1.54) is 6.20 Å². The van der Waals surface area contributed by atoms with Crippen molar-refractivity contribution in [1.29, 1.82) is 0 Å². The summed E-state index contributed by atoms with van der Waals surface area (Å²) >= 11 is 0. The number of nitrogens with zero attached hydrogens (tertiary/aromatic N) is 5. The molecule has 35 heavy (non-hydrogen) atoms. The highest BCUT2D eigenvalue weighted by Gasteiger charge is 2.33. The molecule has 4 aliphatic rings. The van der Waals surface area contributed by atoms with Gasteiger partial charge in [-0.1, -0.05) is 0 Å². The third kappa shape index (κ3) is 3.62. The van der Waals surface area contributed by atoms with Gasteiger partial charge >= 0.3 is 0 Å². The summed E-state index contributed by atoms with van der Waals surface area (Å²) in [6, 6.07) is 5.14. The Morgan fingerprint density at radius 2 is 2.14 bits per heavy atom. The van der Waals surface area contributed by atoms with Crippen LogP contribution < -0.4 is 10.6 Å². The maximum absolute atomic E-state index is 13.7. The van der Waals surface area contributed by atoms with E-state index < -0.39 is 24.2 Å². The van der Waals surface area contributed by atoms with Gasteiger partial charge in [0.2, 0.25) is 0 Å². The molecule has 4 atom stereocenters. The molecule has 3 aliphatic heterocycles. The average molecular weight is 480 g/mol. The van der Waals surface area contributed by atoms with Crippen molar-refractivity contribution in [2.45, 2.75) is 43.6 Å². The average Bonchev–Trinajstić information content (AvgIpc) is 3.50. The van der Waals surface area contributed by atoms with E-state index in [0.29, 0.717) is 49.6 Å². The lowest BCUT2D eigenvalue weighted by molar-refractivity contribution is -0.0383. The van der Waals surface area contributed by atoms with Crippen LogP contribution in [0.5, 0.6) is 0 Å². The van der Waals surface area contributed by atoms with Crippen LogP contribution in [0, 0.1) is 0 Å². The molecule has 10 nitrogen and oxygen atoms in total. The van der Waals surface area contributed by atoms with Gasteiger partial charge in [-0.25, -0.2) is 14.4 Å². The second-order valence-corrected chi connectivity index (χ2v) is 9.07. The van der Waals surface area contributed by atoms with Crippen LogP contribution in [0.15, 0.2) is 36.8 Å². The Morgan fingerprint density at radius 1 is 1.26 bits per heavy atom. The van der Waals surface area contributed by atoms with Crippen LogP contribution in [-0.2, 0) is 4.74 Å². The van der Waals surface area contributed by atoms with E-state index in [0.717, 1.165) is 17.0 Å². The second-order valence-electron chi connectivity index (χ2n) is 9.07. The number of halogens is 1. The van der Waals surface area contributed by atoms with Crippen LogP contribution in [0.1, 0.15) is 35.7 Å². The van der Waals surface area contributed by atoms with Gasteiger partial charge in [-0.05, 0) is 31.4 Å². The molecule has 1 saturated heterocycles. The number of hydrogen-bond acceptors (Lipinski definition) is 7. The number of ether oxygens (including phenoxy) is 1. The van der Waals surface area contributed by atoms with Crippen LogP contribution in [0.25, 0.3) is 28.3 Å². The second kappa shape index (κ2) is 8.58. The van der Waals surface area contributed by atoms with Gasteiger partial charge in [-0.3, -0.25) is 4.79 Å². The minimum absolute atomic E-state index is 0.130. The van der Waals surface area contributed by atoms with Crippen LogP contribution in [0.4, 0.5) is 10.2 Å². The lowest BCUT2D eigenvalue weighted by atomic mass is 9.90. The van der Waals surface area contributed by atoms with Gasteiger partial charge in [0, 0.05) is 43.2 Å². The number of carbonyl (C=O) groups is 1. The van der Waals surface area contributed by atoms with E-state index in [1.54, 1.807) is 17.8 Å². The van der Waals surface area contributed by atoms with Crippen molar-refractivity contribution in [1.82, 2.24) is 29.5 Å². The highest BCUT2D eigenvalue weighted by Crippen LogP contribution is 2.37. The van der Waals surface area contributed by atoms with Gasteiger partial charge in [-0.15, -0.1) is 0 Å². The highest BCUT2D eigenvalue weighted by molar-refractivity contribution is 6.00. The Morgan fingerprint density at radius 3 is 2.89 bits per heavy atom. The van der Waals surface area contributed by atoms with Crippen molar-refractivity contribution < 1.29 is 19.0 Å². The molecule has 0 aromatic carbocycles. The Kier molecular flexibility index (Phi) is 5.37. The first-order valence-corrected chi connectivity index (χ1v) is 11.8. The number of hydrogen-bond donors (Lipinski definition) is 3. The van der Waals surface area contributed by atoms with Gasteiger partial charge in [-0.2, -0.15) is 9.61 Å². The normalized spacial score (nSPS) is 24.4. The quantitative estimate of drug-likeness (QED) is 0.402. The number of aliphatic hydroxyl groups is 1. The van der Waals surface area contributed by atoms with E-state index >= 15 is 0 Å². The van der Waals surface area contributed by atoms with E-state index in [-0.39, 0.29) is 11.6 Å². The molecule has 3 N–H and O–H groups in total. The van der Waals surface area contributed by atoms with Crippen LogP contribution in [0.2, 0.25) is 0 Å². The van der Waals surface area contributed by atoms with E-state index in [2.05, 4.69) is 20.7 Å². The molecular formula is C24H26FN7O3. The number of amides is 1. The van der Waals surface area contributed by atoms with Gasteiger partial charge < -0.3 is 25.0 Å². The van der Waals surface area contributed by atoms with Crippen molar-refractivity contribution >= 4 is 17.4 Å². The summed E-state index contributed by atoms with van der Waals surface area (Å²) in [5.74, 6) is 0.997. The van der Waals surface area contributed by atoms with Crippen molar-refractivity contribution in [3.05, 3.63) is 42.4 Å². The Balaban J connectivity index is 1.40. The molecule has 11 heteroatoms. The summed E-state index contributed by atoms with van der Waals surface area (Å²) in [4.78, 5) is 22.3. The van der Waals surface area contributed by atoms with E-state index in [1.807, 2.05) is 29.0 Å². The molecule has 6 rings (SSSR count). The lowest BCUT2D eigenvalue weighted by Gasteiger charge is -2.31. The molecule has 2 aromatic heterocycles. The minimum atomic E-state index is -1.01. The third-order valence-electron chi connectivity index (χ3n) is 7.00. The number of alkyl halides is 1. The van der Waals surface area contributed by atoms with Gasteiger partial charge in [0.25, 0.3) is 5.91 Å². The Labute approximate surface area is 200 Å². The molecule has 182 valence electrons. The maximum atomic E-state index is 13.7. The zero-order valence-electron chi connectivity index (χ0n) is 19.2. The largest absolute Gasteiger partial charge is 0.389 e. The van der Waals surface area contributed by atoms with Crippen molar-refractivity contribution in [3.8, 4) is 22.6 Å². The molecule has 0 radical (unpaired) electrons. The van der Waals surface area contributed by atoms with Crippen molar-refractivity contribution in [3.63, 3.8) is 0 Å². The maximum Gasteiger partial charge on any atom is 0.257 e. The van der Waals surface area contributed by atoms with Gasteiger partial charge in [0.1, 0.15) is 23.4 Å². The van der Waals surface area contributed by atoms with E-state index in [9.17, 15) is 14.3 Å². The van der Waals surface area contributed by atoms with Gasteiger partial charge in [0.15, 0.2) is 5.65 Å². The zero-order valence-corrected chi connectivity index (χ0v) is 19.2. The summed E-state index contributed by atoms with van der Waals surface area (Å²) < 4.78 is 22.7. The summed E-state index contributed by atoms with van der Waals surface area (Å²) in [7, 11) is 1.77. The lowest BCUT2D eigenvalue weighted by Crippen LogP contribution is -2.48. The molecule has 0 spiro atoms. The van der Waals surface area contributed by atoms with Crippen molar-refractivity contribution in [2.75, 3.05) is 25.6 Å². The number of pyridine rings is 1. The number of rotatable bonds is 5. The third-order valence-corrected chi connectivity index (χ3v) is 7.00. The molecule has 1 aliphatic carbocycles. The molecule has 0 bridgehead atoms. The predicted octanol–water partition coefficient (Wildman–Crippen LogP) is 2.29. The fraction of sp³-hybridized carbons (Fsp3) is 0.417. The number of carbonyl (C=O) groups excluding carboxylic acids is 1. The molecule has 0 unspecified atom stereocenters. The smallest absolute Gasteiger partial charge is 0.257 e. The SMILES string of the molecule is CNc1cc(-c2cnc3n([C@@H]4CCOC[C@H]4O)cccc2-3)nc2c(C(=O)N[C@@H]3CC[C@H]3F)cnn12. The monoisotopic (exact) mass is 479 g/mol. The van der Waals surface area contributed by atoms with Crippen molar-refractivity contribution in [2.24, 2.45) is 0 Å². The standard InChI is InChI=1S/C24H26FN7O3/c1-26-21-9-18(29-23-15(11-28-32(21)23)24(34)30-17-5-4-16(17)25)14-10-27-22-13(14)3-2-7-31(22)19-6-8-35-12-20(19)33/h2-3,7,9-11,16-17,19-20,26,33H,4-6,8,12H2,1H3,(H,30,34)/t16-,17-,19-,20-/m1/s1. The predicted molar refractivity (Wildman–Crippen MR) is 126 cm³/mol. The summed E-state index contributed by atoms with van der Waals surface area (Å²) in [6.45, 7) is 0.875. The minimum Gasteiger partial charge on any atom is -0.389 e. The summed E-state index contributed by atoms with van der Waals surface area (Å²) in [5.41, 5.74) is 2.95. The molecule has 2 aromatic rings. The fourth-order valence-electron chi connectivity index (χ4n) is 4.87. The van der Waals surface area contributed by atoms with Crippen LogP contribution in [-0.4, -0.2) is 73.7 Å². The molecular weight excluding hydrogens is 453 g/mol. The number of fused-ring (bicyclic) bond motifs is 2. The van der Waals surface area contributed by atoms with E-state index in [4.69, 9.17) is 9.72 Å². The van der Waals surface area contributed by atoms with Crippen LogP contribution in [0.3, 0.4) is 0 Å². The molecule has 1 saturated carbocycles. The molecule has 1 amide bonds. The number of nitrogens with one attached hydrogen (secondary N) is 2. The number of aromatic nitrogens is 5. The first-order chi connectivity index (χ1) is 17.0. The zero-order chi connectivity index (χ0) is 24.1. The first-order valence-electron chi connectivity index (χ1n) is 11.8.